The molecule has 0 spiro atoms. The van der Waals surface area contributed by atoms with E-state index in [0.29, 0.717) is 12.0 Å². The largest absolute Gasteiger partial charge is 0.308 e. The standard InChI is InChI=1S/C14H23N3/c1-4-5-12-8-13(11-6-7-11)17-14(16-12)9-15-10(2)3/h8,10-11,15H,4-7,9H2,1-3H3. The van der Waals surface area contributed by atoms with Crippen LogP contribution in [0.5, 0.6) is 0 Å². The summed E-state index contributed by atoms with van der Waals surface area (Å²) >= 11 is 0. The molecule has 1 heterocycles. The number of hydrogen-bond acceptors (Lipinski definition) is 3. The Kier molecular flexibility index (Phi) is 4.11. The van der Waals surface area contributed by atoms with Gasteiger partial charge in [0.15, 0.2) is 0 Å². The van der Waals surface area contributed by atoms with E-state index in [0.717, 1.165) is 25.2 Å². The van der Waals surface area contributed by atoms with Crippen LogP contribution in [0, 0.1) is 0 Å². The summed E-state index contributed by atoms with van der Waals surface area (Å²) in [4.78, 5) is 9.31. The Balaban J connectivity index is 2.12. The summed E-state index contributed by atoms with van der Waals surface area (Å²) in [5.41, 5.74) is 2.48. The lowest BCUT2D eigenvalue weighted by atomic mass is 10.2. The first kappa shape index (κ1) is 12.5. The van der Waals surface area contributed by atoms with Gasteiger partial charge in [0.1, 0.15) is 5.82 Å². The van der Waals surface area contributed by atoms with E-state index in [9.17, 15) is 0 Å². The summed E-state index contributed by atoms with van der Waals surface area (Å²) in [5.74, 6) is 1.68. The monoisotopic (exact) mass is 233 g/mol. The van der Waals surface area contributed by atoms with Crippen LogP contribution in [0.2, 0.25) is 0 Å². The average Bonchev–Trinajstić information content (AvgIpc) is 3.10. The normalized spacial score (nSPS) is 15.5. The minimum Gasteiger partial charge on any atom is -0.308 e. The smallest absolute Gasteiger partial charge is 0.142 e. The van der Waals surface area contributed by atoms with Gasteiger partial charge in [-0.3, -0.25) is 0 Å². The van der Waals surface area contributed by atoms with Crippen molar-refractivity contribution in [2.24, 2.45) is 0 Å². The van der Waals surface area contributed by atoms with E-state index < -0.39 is 0 Å². The van der Waals surface area contributed by atoms with Gasteiger partial charge in [0.05, 0.1) is 6.54 Å². The van der Waals surface area contributed by atoms with Crippen LogP contribution in [0.3, 0.4) is 0 Å². The molecule has 1 saturated carbocycles. The Morgan fingerprint density at radius 3 is 2.71 bits per heavy atom. The van der Waals surface area contributed by atoms with E-state index in [-0.39, 0.29) is 0 Å². The lowest BCUT2D eigenvalue weighted by Crippen LogP contribution is -2.23. The highest BCUT2D eigenvalue weighted by Crippen LogP contribution is 2.39. The first-order chi connectivity index (χ1) is 8.19. The molecule has 1 fully saturated rings. The van der Waals surface area contributed by atoms with E-state index in [1.807, 2.05) is 0 Å². The highest BCUT2D eigenvalue weighted by Gasteiger charge is 2.25. The second-order valence-electron chi connectivity index (χ2n) is 5.26. The fraction of sp³-hybridized carbons (Fsp3) is 0.714. The lowest BCUT2D eigenvalue weighted by Gasteiger charge is -2.10. The summed E-state index contributed by atoms with van der Waals surface area (Å²) in [7, 11) is 0. The molecule has 1 aliphatic rings. The second-order valence-corrected chi connectivity index (χ2v) is 5.26. The zero-order valence-corrected chi connectivity index (χ0v) is 11.2. The molecule has 17 heavy (non-hydrogen) atoms. The molecule has 1 aliphatic carbocycles. The molecular formula is C14H23N3. The van der Waals surface area contributed by atoms with Gasteiger partial charge in [0.2, 0.25) is 0 Å². The van der Waals surface area contributed by atoms with Gasteiger partial charge in [-0.25, -0.2) is 9.97 Å². The van der Waals surface area contributed by atoms with Gasteiger partial charge >= 0.3 is 0 Å². The van der Waals surface area contributed by atoms with Crippen molar-refractivity contribution < 1.29 is 0 Å². The zero-order valence-electron chi connectivity index (χ0n) is 11.2. The molecule has 2 rings (SSSR count). The summed E-state index contributed by atoms with van der Waals surface area (Å²) in [5, 5.41) is 3.39. The first-order valence-corrected chi connectivity index (χ1v) is 6.79. The summed E-state index contributed by atoms with van der Waals surface area (Å²) in [6.07, 6.45) is 4.83. The number of hydrogen-bond donors (Lipinski definition) is 1. The van der Waals surface area contributed by atoms with Gasteiger partial charge in [-0.1, -0.05) is 27.2 Å². The van der Waals surface area contributed by atoms with Gasteiger partial charge < -0.3 is 5.32 Å². The maximum Gasteiger partial charge on any atom is 0.142 e. The Morgan fingerprint density at radius 2 is 2.12 bits per heavy atom. The van der Waals surface area contributed by atoms with E-state index in [1.54, 1.807) is 0 Å². The van der Waals surface area contributed by atoms with Crippen molar-refractivity contribution in [3.63, 3.8) is 0 Å². The van der Waals surface area contributed by atoms with Crippen molar-refractivity contribution >= 4 is 0 Å². The highest BCUT2D eigenvalue weighted by molar-refractivity contribution is 5.19. The SMILES string of the molecule is CCCc1cc(C2CC2)nc(CNC(C)C)n1. The molecule has 0 atom stereocenters. The van der Waals surface area contributed by atoms with E-state index in [2.05, 4.69) is 42.1 Å². The molecule has 1 N–H and O–H groups in total. The molecule has 94 valence electrons. The molecule has 0 radical (unpaired) electrons. The van der Waals surface area contributed by atoms with E-state index in [1.165, 1.54) is 24.2 Å². The Morgan fingerprint density at radius 1 is 1.35 bits per heavy atom. The number of nitrogens with zero attached hydrogens (tertiary/aromatic N) is 2. The quantitative estimate of drug-likeness (QED) is 0.821. The molecular weight excluding hydrogens is 210 g/mol. The van der Waals surface area contributed by atoms with Crippen molar-refractivity contribution in [1.82, 2.24) is 15.3 Å². The highest BCUT2D eigenvalue weighted by atomic mass is 15.0. The van der Waals surface area contributed by atoms with Gasteiger partial charge in [-0.15, -0.1) is 0 Å². The maximum atomic E-state index is 4.68. The molecule has 3 heteroatoms. The van der Waals surface area contributed by atoms with Gasteiger partial charge in [-0.05, 0) is 25.3 Å². The minimum absolute atomic E-state index is 0.484. The number of nitrogens with one attached hydrogen (secondary N) is 1. The second kappa shape index (κ2) is 5.58. The third-order valence-electron chi connectivity index (χ3n) is 3.02. The van der Waals surface area contributed by atoms with Crippen LogP contribution in [-0.4, -0.2) is 16.0 Å². The average molecular weight is 233 g/mol. The zero-order chi connectivity index (χ0) is 12.3. The predicted molar refractivity (Wildman–Crippen MR) is 70.0 cm³/mol. The molecule has 0 amide bonds. The Bertz CT molecular complexity index is 370. The van der Waals surface area contributed by atoms with Crippen LogP contribution in [-0.2, 0) is 13.0 Å². The van der Waals surface area contributed by atoms with Crippen molar-refractivity contribution in [3.05, 3.63) is 23.3 Å². The Hall–Kier alpha value is -0.960. The summed E-state index contributed by atoms with van der Waals surface area (Å²) in [6.45, 7) is 7.29. The van der Waals surface area contributed by atoms with E-state index >= 15 is 0 Å². The van der Waals surface area contributed by atoms with Gasteiger partial charge in [0, 0.05) is 23.3 Å². The van der Waals surface area contributed by atoms with Crippen LogP contribution in [0.15, 0.2) is 6.07 Å². The summed E-state index contributed by atoms with van der Waals surface area (Å²) in [6, 6.07) is 2.69. The summed E-state index contributed by atoms with van der Waals surface area (Å²) < 4.78 is 0. The molecule has 0 bridgehead atoms. The van der Waals surface area contributed by atoms with Crippen LogP contribution < -0.4 is 5.32 Å². The first-order valence-electron chi connectivity index (χ1n) is 6.79. The lowest BCUT2D eigenvalue weighted by molar-refractivity contribution is 0.568. The Labute approximate surface area is 104 Å². The third-order valence-corrected chi connectivity index (χ3v) is 3.02. The van der Waals surface area contributed by atoms with Crippen LogP contribution in [0.25, 0.3) is 0 Å². The van der Waals surface area contributed by atoms with Crippen LogP contribution >= 0.6 is 0 Å². The molecule has 0 aliphatic heterocycles. The topological polar surface area (TPSA) is 37.8 Å². The molecule has 0 unspecified atom stereocenters. The van der Waals surface area contributed by atoms with Gasteiger partial charge in [-0.2, -0.15) is 0 Å². The van der Waals surface area contributed by atoms with Crippen molar-refractivity contribution in [1.29, 1.82) is 0 Å². The molecule has 0 saturated heterocycles. The number of aryl methyl sites for hydroxylation is 1. The van der Waals surface area contributed by atoms with Crippen molar-refractivity contribution in [2.45, 2.75) is 65.0 Å². The maximum absolute atomic E-state index is 4.68. The van der Waals surface area contributed by atoms with Gasteiger partial charge in [0.25, 0.3) is 0 Å². The molecule has 3 nitrogen and oxygen atoms in total. The van der Waals surface area contributed by atoms with Crippen molar-refractivity contribution in [3.8, 4) is 0 Å². The minimum atomic E-state index is 0.484. The molecule has 1 aromatic heterocycles. The fourth-order valence-corrected chi connectivity index (χ4v) is 1.92. The van der Waals surface area contributed by atoms with Crippen LogP contribution in [0.1, 0.15) is 63.2 Å². The number of aromatic nitrogens is 2. The fourth-order valence-electron chi connectivity index (χ4n) is 1.92. The third kappa shape index (κ3) is 3.77. The van der Waals surface area contributed by atoms with Crippen molar-refractivity contribution in [2.75, 3.05) is 0 Å². The molecule has 1 aromatic rings. The molecule has 0 aromatic carbocycles. The van der Waals surface area contributed by atoms with E-state index in [4.69, 9.17) is 0 Å². The number of rotatable bonds is 6. The van der Waals surface area contributed by atoms with Crippen LogP contribution in [0.4, 0.5) is 0 Å². The predicted octanol–water partition coefficient (Wildman–Crippen LogP) is 2.80.